The van der Waals surface area contributed by atoms with Gasteiger partial charge in [-0.05, 0) is 24.6 Å². The Labute approximate surface area is 145 Å². The zero-order valence-electron chi connectivity index (χ0n) is 14.0. The van der Waals surface area contributed by atoms with E-state index in [1.807, 2.05) is 54.6 Å². The third kappa shape index (κ3) is 3.71. The topological polar surface area (TPSA) is 71.3 Å². The highest BCUT2D eigenvalue weighted by atomic mass is 16.4. The van der Waals surface area contributed by atoms with Crippen LogP contribution >= 0.6 is 0 Å². The SMILES string of the molecule is C[C@H](NC(=O)CCn1c(-c2ccccc2)cc2ccccc21)C(=O)O. The first-order valence-corrected chi connectivity index (χ1v) is 8.22. The van der Waals surface area contributed by atoms with Gasteiger partial charge in [0.1, 0.15) is 6.04 Å². The van der Waals surface area contributed by atoms with E-state index < -0.39 is 12.0 Å². The molecule has 1 atom stereocenters. The predicted octanol–water partition coefficient (Wildman–Crippen LogP) is 3.29. The van der Waals surface area contributed by atoms with Crippen molar-refractivity contribution in [2.45, 2.75) is 25.9 Å². The number of carbonyl (C=O) groups is 2. The van der Waals surface area contributed by atoms with Crippen LogP contribution in [0.5, 0.6) is 0 Å². The second kappa shape index (κ2) is 7.21. The number of benzene rings is 2. The molecule has 0 bridgehead atoms. The Morgan fingerprint density at radius 1 is 1.08 bits per heavy atom. The molecule has 0 saturated carbocycles. The van der Waals surface area contributed by atoms with Gasteiger partial charge in [-0.1, -0.05) is 48.5 Å². The maximum Gasteiger partial charge on any atom is 0.325 e. The number of carbonyl (C=O) groups excluding carboxylic acids is 1. The summed E-state index contributed by atoms with van der Waals surface area (Å²) in [5.74, 6) is -1.31. The largest absolute Gasteiger partial charge is 0.480 e. The Morgan fingerprint density at radius 2 is 1.76 bits per heavy atom. The molecule has 2 aromatic carbocycles. The van der Waals surface area contributed by atoms with Gasteiger partial charge >= 0.3 is 5.97 Å². The molecule has 0 spiro atoms. The lowest BCUT2D eigenvalue weighted by Gasteiger charge is -2.13. The number of nitrogens with one attached hydrogen (secondary N) is 1. The van der Waals surface area contributed by atoms with Crippen LogP contribution in [0.2, 0.25) is 0 Å². The van der Waals surface area contributed by atoms with Gasteiger partial charge in [-0.2, -0.15) is 0 Å². The van der Waals surface area contributed by atoms with Crippen LogP contribution in [-0.2, 0) is 16.1 Å². The van der Waals surface area contributed by atoms with Crippen molar-refractivity contribution in [3.8, 4) is 11.3 Å². The molecule has 1 heterocycles. The minimum atomic E-state index is -1.04. The van der Waals surface area contributed by atoms with Crippen LogP contribution < -0.4 is 5.32 Å². The van der Waals surface area contributed by atoms with Gasteiger partial charge in [0.05, 0.1) is 0 Å². The third-order valence-corrected chi connectivity index (χ3v) is 4.19. The van der Waals surface area contributed by atoms with E-state index in [-0.39, 0.29) is 12.3 Å². The lowest BCUT2D eigenvalue weighted by Crippen LogP contribution is -2.38. The Balaban J connectivity index is 1.87. The first-order valence-electron chi connectivity index (χ1n) is 8.22. The van der Waals surface area contributed by atoms with Crippen LogP contribution in [0.1, 0.15) is 13.3 Å². The van der Waals surface area contributed by atoms with Crippen molar-refractivity contribution in [3.05, 3.63) is 60.7 Å². The van der Waals surface area contributed by atoms with E-state index in [4.69, 9.17) is 5.11 Å². The molecule has 25 heavy (non-hydrogen) atoms. The van der Waals surface area contributed by atoms with Gasteiger partial charge in [-0.15, -0.1) is 0 Å². The van der Waals surface area contributed by atoms with E-state index in [2.05, 4.69) is 16.0 Å². The highest BCUT2D eigenvalue weighted by Gasteiger charge is 2.15. The van der Waals surface area contributed by atoms with Crippen LogP contribution in [-0.4, -0.2) is 27.6 Å². The van der Waals surface area contributed by atoms with Gasteiger partial charge in [-0.25, -0.2) is 0 Å². The molecule has 0 saturated heterocycles. The molecule has 0 aliphatic heterocycles. The molecule has 3 rings (SSSR count). The number of aryl methyl sites for hydroxylation is 1. The zero-order chi connectivity index (χ0) is 17.8. The molecule has 0 fully saturated rings. The average molecular weight is 336 g/mol. The van der Waals surface area contributed by atoms with Crippen LogP contribution in [0.15, 0.2) is 60.7 Å². The third-order valence-electron chi connectivity index (χ3n) is 4.19. The number of amides is 1. The fraction of sp³-hybridized carbons (Fsp3) is 0.200. The quantitative estimate of drug-likeness (QED) is 0.725. The van der Waals surface area contributed by atoms with Crippen molar-refractivity contribution < 1.29 is 14.7 Å². The Bertz CT molecular complexity index is 900. The van der Waals surface area contributed by atoms with Crippen molar-refractivity contribution in [1.29, 1.82) is 0 Å². The summed E-state index contributed by atoms with van der Waals surface area (Å²) in [4.78, 5) is 22.9. The highest BCUT2D eigenvalue weighted by Crippen LogP contribution is 2.28. The molecular formula is C20H20N2O3. The smallest absolute Gasteiger partial charge is 0.325 e. The van der Waals surface area contributed by atoms with Gasteiger partial charge < -0.3 is 15.0 Å². The molecule has 0 radical (unpaired) electrons. The number of hydrogen-bond donors (Lipinski definition) is 2. The number of carboxylic acid groups (broad SMARTS) is 1. The van der Waals surface area contributed by atoms with Gasteiger partial charge in [0.2, 0.25) is 5.91 Å². The normalized spacial score (nSPS) is 12.0. The molecule has 1 amide bonds. The summed E-state index contributed by atoms with van der Waals surface area (Å²) in [5.41, 5.74) is 3.18. The van der Waals surface area contributed by atoms with Gasteiger partial charge in [-0.3, -0.25) is 9.59 Å². The molecule has 0 aliphatic carbocycles. The average Bonchev–Trinajstić information content (AvgIpc) is 2.99. The lowest BCUT2D eigenvalue weighted by atomic mass is 10.1. The molecule has 5 heteroatoms. The van der Waals surface area contributed by atoms with E-state index in [1.165, 1.54) is 6.92 Å². The fourth-order valence-corrected chi connectivity index (χ4v) is 2.89. The van der Waals surface area contributed by atoms with Crippen molar-refractivity contribution in [2.75, 3.05) is 0 Å². The molecule has 0 unspecified atom stereocenters. The van der Waals surface area contributed by atoms with E-state index in [0.717, 1.165) is 22.2 Å². The van der Waals surface area contributed by atoms with Crippen LogP contribution in [0, 0.1) is 0 Å². The van der Waals surface area contributed by atoms with Gasteiger partial charge in [0, 0.05) is 29.6 Å². The summed E-state index contributed by atoms with van der Waals surface area (Å²) in [5, 5.41) is 12.5. The molecule has 3 aromatic rings. The molecule has 1 aromatic heterocycles. The van der Waals surface area contributed by atoms with Gasteiger partial charge in [0.15, 0.2) is 0 Å². The molecule has 0 aliphatic rings. The number of aromatic nitrogens is 1. The number of carboxylic acids is 1. The second-order valence-electron chi connectivity index (χ2n) is 5.98. The fourth-order valence-electron chi connectivity index (χ4n) is 2.89. The minimum absolute atomic E-state index is 0.218. The Hall–Kier alpha value is -3.08. The number of aliphatic carboxylic acids is 1. The first-order chi connectivity index (χ1) is 12.1. The predicted molar refractivity (Wildman–Crippen MR) is 97.2 cm³/mol. The summed E-state index contributed by atoms with van der Waals surface area (Å²) < 4.78 is 2.11. The zero-order valence-corrected chi connectivity index (χ0v) is 14.0. The van der Waals surface area contributed by atoms with Gasteiger partial charge in [0.25, 0.3) is 0 Å². The first kappa shape index (κ1) is 16.8. The summed E-state index contributed by atoms with van der Waals surface area (Å²) in [6.07, 6.45) is 0.218. The second-order valence-corrected chi connectivity index (χ2v) is 5.98. The number of hydrogen-bond acceptors (Lipinski definition) is 2. The summed E-state index contributed by atoms with van der Waals surface area (Å²) in [6.45, 7) is 1.94. The monoisotopic (exact) mass is 336 g/mol. The summed E-state index contributed by atoms with van der Waals surface area (Å²) >= 11 is 0. The molecule has 2 N–H and O–H groups in total. The number of fused-ring (bicyclic) bond motifs is 1. The van der Waals surface area contributed by atoms with Crippen molar-refractivity contribution >= 4 is 22.8 Å². The van der Waals surface area contributed by atoms with Crippen molar-refractivity contribution in [3.63, 3.8) is 0 Å². The maximum atomic E-state index is 12.0. The minimum Gasteiger partial charge on any atom is -0.480 e. The van der Waals surface area contributed by atoms with E-state index in [0.29, 0.717) is 6.54 Å². The molecule has 5 nitrogen and oxygen atoms in total. The lowest BCUT2D eigenvalue weighted by molar-refractivity contribution is -0.141. The standard InChI is InChI=1S/C20H20N2O3/c1-14(20(24)25)21-19(23)11-12-22-17-10-6-5-9-16(17)13-18(22)15-7-3-2-4-8-15/h2-10,13-14H,11-12H2,1H3,(H,21,23)(H,24,25)/t14-/m0/s1. The Kier molecular flexibility index (Phi) is 4.84. The van der Waals surface area contributed by atoms with Crippen molar-refractivity contribution in [1.82, 2.24) is 9.88 Å². The van der Waals surface area contributed by atoms with E-state index >= 15 is 0 Å². The highest BCUT2D eigenvalue weighted by molar-refractivity contribution is 5.87. The van der Waals surface area contributed by atoms with Crippen LogP contribution in [0.4, 0.5) is 0 Å². The van der Waals surface area contributed by atoms with Crippen molar-refractivity contribution in [2.24, 2.45) is 0 Å². The molecule has 128 valence electrons. The van der Waals surface area contributed by atoms with Crippen LogP contribution in [0.3, 0.4) is 0 Å². The molecular weight excluding hydrogens is 316 g/mol. The Morgan fingerprint density at radius 3 is 2.48 bits per heavy atom. The summed E-state index contributed by atoms with van der Waals surface area (Å²) in [7, 11) is 0. The maximum absolute atomic E-state index is 12.0. The van der Waals surface area contributed by atoms with Crippen LogP contribution in [0.25, 0.3) is 22.2 Å². The summed E-state index contributed by atoms with van der Waals surface area (Å²) in [6, 6.07) is 19.3. The number of rotatable bonds is 6. The number of nitrogens with zero attached hydrogens (tertiary/aromatic N) is 1. The van der Waals surface area contributed by atoms with E-state index in [1.54, 1.807) is 0 Å². The van der Waals surface area contributed by atoms with E-state index in [9.17, 15) is 9.59 Å². The number of para-hydroxylation sites is 1.